The first-order chi connectivity index (χ1) is 10.1. The summed E-state index contributed by atoms with van der Waals surface area (Å²) in [5.74, 6) is -0.108. The molecule has 4 heteroatoms. The molecule has 0 spiro atoms. The van der Waals surface area contributed by atoms with E-state index >= 15 is 0 Å². The molecule has 1 aromatic carbocycles. The minimum Gasteiger partial charge on any atom is -0.308 e. The van der Waals surface area contributed by atoms with Gasteiger partial charge in [-0.2, -0.15) is 0 Å². The Morgan fingerprint density at radius 1 is 1.29 bits per heavy atom. The smallest absolute Gasteiger partial charge is 0.227 e. The SMILES string of the molecule is CC(C)CC(=O)N(Cc1cccnc1)c1cccc(F)c1. The highest BCUT2D eigenvalue weighted by Crippen LogP contribution is 2.20. The normalized spacial score (nSPS) is 10.7. The standard InChI is InChI=1S/C17H19FN2O/c1-13(2)9-17(21)20(12-14-5-4-8-19-11-14)16-7-3-6-15(18)10-16/h3-8,10-11,13H,9,12H2,1-2H3. The van der Waals surface area contributed by atoms with Crippen molar-refractivity contribution >= 4 is 11.6 Å². The van der Waals surface area contributed by atoms with Crippen LogP contribution >= 0.6 is 0 Å². The van der Waals surface area contributed by atoms with Crippen LogP contribution in [-0.4, -0.2) is 10.9 Å². The van der Waals surface area contributed by atoms with Crippen molar-refractivity contribution in [2.45, 2.75) is 26.8 Å². The molecule has 0 radical (unpaired) electrons. The van der Waals surface area contributed by atoms with Crippen molar-refractivity contribution in [2.75, 3.05) is 4.90 Å². The van der Waals surface area contributed by atoms with Gasteiger partial charge in [-0.1, -0.05) is 26.0 Å². The number of rotatable bonds is 5. The molecule has 21 heavy (non-hydrogen) atoms. The molecular weight excluding hydrogens is 267 g/mol. The summed E-state index contributed by atoms with van der Waals surface area (Å²) in [7, 11) is 0. The lowest BCUT2D eigenvalue weighted by Gasteiger charge is -2.24. The molecule has 0 saturated heterocycles. The van der Waals surface area contributed by atoms with Gasteiger partial charge in [0.05, 0.1) is 6.54 Å². The molecule has 2 rings (SSSR count). The maximum Gasteiger partial charge on any atom is 0.227 e. The van der Waals surface area contributed by atoms with Gasteiger partial charge in [-0.15, -0.1) is 0 Å². The van der Waals surface area contributed by atoms with Crippen LogP contribution < -0.4 is 4.90 Å². The Labute approximate surface area is 124 Å². The number of pyridine rings is 1. The molecule has 1 aromatic heterocycles. The van der Waals surface area contributed by atoms with Crippen LogP contribution in [-0.2, 0) is 11.3 Å². The number of nitrogens with zero attached hydrogens (tertiary/aromatic N) is 2. The summed E-state index contributed by atoms with van der Waals surface area (Å²) >= 11 is 0. The summed E-state index contributed by atoms with van der Waals surface area (Å²) < 4.78 is 13.4. The Bertz CT molecular complexity index is 599. The first kappa shape index (κ1) is 15.2. The Hall–Kier alpha value is -2.23. The molecular formula is C17H19FN2O. The van der Waals surface area contributed by atoms with Crippen LogP contribution in [0.4, 0.5) is 10.1 Å². The lowest BCUT2D eigenvalue weighted by Crippen LogP contribution is -2.31. The van der Waals surface area contributed by atoms with Crippen LogP contribution in [0, 0.1) is 11.7 Å². The van der Waals surface area contributed by atoms with E-state index in [1.54, 1.807) is 29.4 Å². The fourth-order valence-corrected chi connectivity index (χ4v) is 2.10. The topological polar surface area (TPSA) is 33.2 Å². The third kappa shape index (κ3) is 4.38. The van der Waals surface area contributed by atoms with E-state index < -0.39 is 0 Å². The van der Waals surface area contributed by atoms with Gasteiger partial charge in [-0.25, -0.2) is 4.39 Å². The number of carbonyl (C=O) groups excluding carboxylic acids is 1. The first-order valence-electron chi connectivity index (χ1n) is 7.01. The summed E-state index contributed by atoms with van der Waals surface area (Å²) in [6.07, 6.45) is 3.83. The maximum absolute atomic E-state index is 13.4. The highest BCUT2D eigenvalue weighted by atomic mass is 19.1. The van der Waals surface area contributed by atoms with Crippen LogP contribution in [0.5, 0.6) is 0 Å². The molecule has 3 nitrogen and oxygen atoms in total. The minimum atomic E-state index is -0.346. The van der Waals surface area contributed by atoms with E-state index in [-0.39, 0.29) is 17.6 Å². The number of benzene rings is 1. The molecule has 110 valence electrons. The zero-order valence-electron chi connectivity index (χ0n) is 12.3. The third-order valence-electron chi connectivity index (χ3n) is 3.07. The van der Waals surface area contributed by atoms with Gasteiger partial charge in [0, 0.05) is 24.5 Å². The molecule has 0 unspecified atom stereocenters. The van der Waals surface area contributed by atoms with Gasteiger partial charge in [0.25, 0.3) is 0 Å². The predicted octanol–water partition coefficient (Wildman–Crippen LogP) is 3.80. The van der Waals surface area contributed by atoms with Crippen molar-refractivity contribution in [1.29, 1.82) is 0 Å². The fourth-order valence-electron chi connectivity index (χ4n) is 2.10. The molecule has 2 aromatic rings. The summed E-state index contributed by atoms with van der Waals surface area (Å²) in [4.78, 5) is 18.1. The largest absolute Gasteiger partial charge is 0.308 e. The van der Waals surface area contributed by atoms with Crippen LogP contribution in [0.15, 0.2) is 48.8 Å². The van der Waals surface area contributed by atoms with E-state index in [1.807, 2.05) is 26.0 Å². The van der Waals surface area contributed by atoms with E-state index in [1.165, 1.54) is 12.1 Å². The Morgan fingerprint density at radius 3 is 2.71 bits per heavy atom. The van der Waals surface area contributed by atoms with Gasteiger partial charge < -0.3 is 4.90 Å². The Kier molecular flexibility index (Phi) is 5.04. The van der Waals surface area contributed by atoms with Crippen molar-refractivity contribution in [3.63, 3.8) is 0 Å². The number of amides is 1. The molecule has 0 fully saturated rings. The van der Waals surface area contributed by atoms with Crippen LogP contribution in [0.25, 0.3) is 0 Å². The average Bonchev–Trinajstić information content (AvgIpc) is 2.45. The molecule has 0 aliphatic heterocycles. The quantitative estimate of drug-likeness (QED) is 0.837. The summed E-state index contributed by atoms with van der Waals surface area (Å²) in [6.45, 7) is 4.38. The van der Waals surface area contributed by atoms with Crippen LogP contribution in [0.3, 0.4) is 0 Å². The molecule has 1 heterocycles. The number of carbonyl (C=O) groups is 1. The van der Waals surface area contributed by atoms with Crippen molar-refractivity contribution < 1.29 is 9.18 Å². The van der Waals surface area contributed by atoms with E-state index in [4.69, 9.17) is 0 Å². The van der Waals surface area contributed by atoms with Crippen molar-refractivity contribution in [3.05, 3.63) is 60.2 Å². The Morgan fingerprint density at radius 2 is 2.10 bits per heavy atom. The zero-order chi connectivity index (χ0) is 15.2. The summed E-state index contributed by atoms with van der Waals surface area (Å²) in [5, 5.41) is 0. The third-order valence-corrected chi connectivity index (χ3v) is 3.07. The fraction of sp³-hybridized carbons (Fsp3) is 0.294. The lowest BCUT2D eigenvalue weighted by atomic mass is 10.1. The van der Waals surface area contributed by atoms with Gasteiger partial charge in [0.1, 0.15) is 5.82 Å². The number of hydrogen-bond donors (Lipinski definition) is 0. The molecule has 0 aliphatic carbocycles. The average molecular weight is 286 g/mol. The van der Waals surface area contributed by atoms with E-state index in [9.17, 15) is 9.18 Å². The second-order valence-corrected chi connectivity index (χ2v) is 5.42. The highest BCUT2D eigenvalue weighted by molar-refractivity contribution is 5.93. The van der Waals surface area contributed by atoms with Gasteiger partial charge >= 0.3 is 0 Å². The van der Waals surface area contributed by atoms with E-state index in [0.29, 0.717) is 18.7 Å². The Balaban J connectivity index is 2.28. The molecule has 0 bridgehead atoms. The number of aromatic nitrogens is 1. The van der Waals surface area contributed by atoms with Crippen molar-refractivity contribution in [3.8, 4) is 0 Å². The molecule has 0 N–H and O–H groups in total. The van der Waals surface area contributed by atoms with E-state index in [2.05, 4.69) is 4.98 Å². The van der Waals surface area contributed by atoms with Crippen molar-refractivity contribution in [1.82, 2.24) is 4.98 Å². The zero-order valence-corrected chi connectivity index (χ0v) is 12.3. The number of hydrogen-bond acceptors (Lipinski definition) is 2. The van der Waals surface area contributed by atoms with Gasteiger partial charge in [-0.05, 0) is 35.7 Å². The van der Waals surface area contributed by atoms with Gasteiger partial charge in [0.2, 0.25) is 5.91 Å². The van der Waals surface area contributed by atoms with Crippen LogP contribution in [0.2, 0.25) is 0 Å². The highest BCUT2D eigenvalue weighted by Gasteiger charge is 2.17. The molecule has 1 amide bonds. The molecule has 0 atom stereocenters. The minimum absolute atomic E-state index is 0.0144. The number of anilines is 1. The lowest BCUT2D eigenvalue weighted by molar-refractivity contribution is -0.119. The van der Waals surface area contributed by atoms with Gasteiger partial charge in [-0.3, -0.25) is 9.78 Å². The second kappa shape index (κ2) is 6.97. The predicted molar refractivity (Wildman–Crippen MR) is 81.3 cm³/mol. The summed E-state index contributed by atoms with van der Waals surface area (Å²) in [5.41, 5.74) is 1.49. The monoisotopic (exact) mass is 286 g/mol. The molecule has 0 saturated carbocycles. The number of halogens is 1. The van der Waals surface area contributed by atoms with Crippen LogP contribution in [0.1, 0.15) is 25.8 Å². The second-order valence-electron chi connectivity index (χ2n) is 5.42. The van der Waals surface area contributed by atoms with Gasteiger partial charge in [0.15, 0.2) is 0 Å². The maximum atomic E-state index is 13.4. The van der Waals surface area contributed by atoms with Crippen molar-refractivity contribution in [2.24, 2.45) is 5.92 Å². The first-order valence-corrected chi connectivity index (χ1v) is 7.01. The molecule has 0 aliphatic rings. The van der Waals surface area contributed by atoms with E-state index in [0.717, 1.165) is 5.56 Å². The summed E-state index contributed by atoms with van der Waals surface area (Å²) in [6, 6.07) is 9.85.